The molecule has 0 aliphatic carbocycles. The van der Waals surface area contributed by atoms with Gasteiger partial charge in [0.1, 0.15) is 0 Å². The Morgan fingerprint density at radius 2 is 1.93 bits per heavy atom. The van der Waals surface area contributed by atoms with E-state index in [1.807, 2.05) is 16.7 Å². The molecule has 0 amide bonds. The number of nitrogens with zero attached hydrogens (tertiary/aromatic N) is 2. The van der Waals surface area contributed by atoms with Gasteiger partial charge in [0.15, 0.2) is 17.3 Å². The number of carbonyl (C=O) groups excluding carboxylic acids is 1. The van der Waals surface area contributed by atoms with Crippen LogP contribution in [0.25, 0.3) is 11.8 Å². The number of allylic oxidation sites excluding steroid dienone is 1. The summed E-state index contributed by atoms with van der Waals surface area (Å²) in [5, 5.41) is 20.4. The number of methoxy groups -OCH3 is 1. The highest BCUT2D eigenvalue weighted by molar-refractivity contribution is 6.07. The van der Waals surface area contributed by atoms with Crippen molar-refractivity contribution in [2.24, 2.45) is 0 Å². The van der Waals surface area contributed by atoms with Crippen LogP contribution in [0.5, 0.6) is 11.5 Å². The number of hydrogen-bond acceptors (Lipinski definition) is 5. The maximum absolute atomic E-state index is 12.4. The van der Waals surface area contributed by atoms with E-state index >= 15 is 0 Å². The van der Waals surface area contributed by atoms with E-state index in [-0.39, 0.29) is 23.0 Å². The van der Waals surface area contributed by atoms with Crippen molar-refractivity contribution in [2.45, 2.75) is 0 Å². The van der Waals surface area contributed by atoms with E-state index in [1.165, 1.54) is 43.5 Å². The molecule has 0 unspecified atom stereocenters. The van der Waals surface area contributed by atoms with Crippen LogP contribution >= 0.6 is 0 Å². The largest absolute Gasteiger partial charge is 0.504 e. The highest BCUT2D eigenvalue weighted by atomic mass is 16.6. The zero-order valence-corrected chi connectivity index (χ0v) is 14.4. The molecular weight excluding hydrogens is 348 g/mol. The smallest absolute Gasteiger partial charge is 0.269 e. The first-order valence-corrected chi connectivity index (χ1v) is 8.01. The van der Waals surface area contributed by atoms with Crippen LogP contribution in [0.4, 0.5) is 5.69 Å². The van der Waals surface area contributed by atoms with Crippen LogP contribution < -0.4 is 4.74 Å². The molecule has 136 valence electrons. The summed E-state index contributed by atoms with van der Waals surface area (Å²) >= 11 is 0. The van der Waals surface area contributed by atoms with E-state index in [0.29, 0.717) is 5.56 Å². The molecule has 0 fully saturated rings. The predicted molar refractivity (Wildman–Crippen MR) is 100 cm³/mol. The maximum atomic E-state index is 12.4. The zero-order chi connectivity index (χ0) is 19.4. The highest BCUT2D eigenvalue weighted by Gasteiger charge is 2.09. The van der Waals surface area contributed by atoms with Gasteiger partial charge in [0.25, 0.3) is 5.69 Å². The predicted octanol–water partition coefficient (Wildman–Crippen LogP) is 4.00. The number of ketones is 1. The molecule has 27 heavy (non-hydrogen) atoms. The van der Waals surface area contributed by atoms with Crippen molar-refractivity contribution >= 4 is 17.5 Å². The SMILES string of the molecule is COc1cc(C(=O)/C=C/c2cccn2-c2ccc([N+](=O)[O-])cc2)ccc1O. The fourth-order valence-electron chi connectivity index (χ4n) is 2.59. The molecule has 1 aromatic heterocycles. The van der Waals surface area contributed by atoms with Gasteiger partial charge >= 0.3 is 0 Å². The molecule has 0 aliphatic rings. The molecule has 2 aromatic carbocycles. The van der Waals surface area contributed by atoms with E-state index in [4.69, 9.17) is 4.74 Å². The second-order valence-electron chi connectivity index (χ2n) is 5.66. The van der Waals surface area contributed by atoms with Gasteiger partial charge in [0.2, 0.25) is 0 Å². The monoisotopic (exact) mass is 364 g/mol. The van der Waals surface area contributed by atoms with Crippen molar-refractivity contribution < 1.29 is 19.6 Å². The lowest BCUT2D eigenvalue weighted by molar-refractivity contribution is -0.384. The summed E-state index contributed by atoms with van der Waals surface area (Å²) in [6.45, 7) is 0. The van der Waals surface area contributed by atoms with Crippen LogP contribution in [0.2, 0.25) is 0 Å². The lowest BCUT2D eigenvalue weighted by Gasteiger charge is -2.06. The van der Waals surface area contributed by atoms with Crippen molar-refractivity contribution in [3.8, 4) is 17.2 Å². The average molecular weight is 364 g/mol. The minimum Gasteiger partial charge on any atom is -0.504 e. The van der Waals surface area contributed by atoms with Crippen molar-refractivity contribution in [1.29, 1.82) is 0 Å². The molecule has 0 atom stereocenters. The summed E-state index contributed by atoms with van der Waals surface area (Å²) in [5.41, 5.74) is 1.88. The van der Waals surface area contributed by atoms with Crippen LogP contribution in [-0.4, -0.2) is 27.5 Å². The number of hydrogen-bond donors (Lipinski definition) is 1. The summed E-state index contributed by atoms with van der Waals surface area (Å²) in [7, 11) is 1.41. The number of phenolic OH excluding ortho intramolecular Hbond substituents is 1. The zero-order valence-electron chi connectivity index (χ0n) is 14.4. The number of benzene rings is 2. The molecule has 0 bridgehead atoms. The van der Waals surface area contributed by atoms with E-state index in [9.17, 15) is 20.0 Å². The van der Waals surface area contributed by atoms with Crippen molar-refractivity contribution in [2.75, 3.05) is 7.11 Å². The minimum atomic E-state index is -0.454. The fourth-order valence-corrected chi connectivity index (χ4v) is 2.59. The van der Waals surface area contributed by atoms with Gasteiger partial charge < -0.3 is 14.4 Å². The lowest BCUT2D eigenvalue weighted by atomic mass is 10.1. The van der Waals surface area contributed by atoms with Crippen molar-refractivity contribution in [3.63, 3.8) is 0 Å². The summed E-state index contributed by atoms with van der Waals surface area (Å²) in [5.74, 6) is -0.0571. The van der Waals surface area contributed by atoms with Crippen LogP contribution in [0, 0.1) is 10.1 Å². The van der Waals surface area contributed by atoms with E-state index < -0.39 is 4.92 Å². The van der Waals surface area contributed by atoms with Gasteiger partial charge in [-0.1, -0.05) is 0 Å². The van der Waals surface area contributed by atoms with Crippen LogP contribution in [0.1, 0.15) is 16.1 Å². The molecule has 0 spiro atoms. The highest BCUT2D eigenvalue weighted by Crippen LogP contribution is 2.26. The van der Waals surface area contributed by atoms with Gasteiger partial charge in [0.05, 0.1) is 12.0 Å². The van der Waals surface area contributed by atoms with Gasteiger partial charge in [0, 0.05) is 35.3 Å². The molecule has 0 radical (unpaired) electrons. The van der Waals surface area contributed by atoms with Crippen LogP contribution in [-0.2, 0) is 0 Å². The molecule has 0 aliphatic heterocycles. The number of phenols is 1. The minimum absolute atomic E-state index is 0.0134. The lowest BCUT2D eigenvalue weighted by Crippen LogP contribution is -1.98. The van der Waals surface area contributed by atoms with Gasteiger partial charge in [-0.2, -0.15) is 0 Å². The Bertz CT molecular complexity index is 1020. The number of rotatable bonds is 6. The molecule has 1 heterocycles. The summed E-state index contributed by atoms with van der Waals surface area (Å²) in [4.78, 5) is 22.7. The third kappa shape index (κ3) is 3.87. The Labute approximate surface area is 154 Å². The molecule has 3 aromatic rings. The van der Waals surface area contributed by atoms with Crippen molar-refractivity contribution in [3.05, 3.63) is 88.2 Å². The molecular formula is C20H16N2O5. The van der Waals surface area contributed by atoms with Crippen LogP contribution in [0.3, 0.4) is 0 Å². The number of ether oxygens (including phenoxy) is 1. The fraction of sp³-hybridized carbons (Fsp3) is 0.0500. The van der Waals surface area contributed by atoms with Gasteiger partial charge in [-0.15, -0.1) is 0 Å². The summed E-state index contributed by atoms with van der Waals surface area (Å²) in [6.07, 6.45) is 4.88. The molecule has 0 saturated heterocycles. The average Bonchev–Trinajstić information content (AvgIpc) is 3.15. The van der Waals surface area contributed by atoms with Gasteiger partial charge in [-0.3, -0.25) is 14.9 Å². The number of aromatic nitrogens is 1. The molecule has 3 rings (SSSR count). The Kier molecular flexibility index (Phi) is 5.03. The van der Waals surface area contributed by atoms with E-state index in [1.54, 1.807) is 24.4 Å². The molecule has 7 nitrogen and oxygen atoms in total. The summed E-state index contributed by atoms with van der Waals surface area (Å²) in [6, 6.07) is 14.2. The van der Waals surface area contributed by atoms with Gasteiger partial charge in [-0.25, -0.2) is 0 Å². The number of nitro benzene ring substituents is 1. The third-order valence-corrected chi connectivity index (χ3v) is 3.99. The number of nitro groups is 1. The number of aromatic hydroxyl groups is 1. The molecule has 1 N–H and O–H groups in total. The Morgan fingerprint density at radius 1 is 1.19 bits per heavy atom. The van der Waals surface area contributed by atoms with E-state index in [2.05, 4.69) is 0 Å². The first-order chi connectivity index (χ1) is 13.0. The Balaban J connectivity index is 1.83. The summed E-state index contributed by atoms with van der Waals surface area (Å²) < 4.78 is 6.82. The second-order valence-corrected chi connectivity index (χ2v) is 5.66. The van der Waals surface area contributed by atoms with Crippen LogP contribution in [0.15, 0.2) is 66.9 Å². The Morgan fingerprint density at radius 3 is 2.59 bits per heavy atom. The number of non-ortho nitro benzene ring substituents is 1. The second kappa shape index (κ2) is 7.57. The Hall–Kier alpha value is -3.87. The van der Waals surface area contributed by atoms with Crippen molar-refractivity contribution in [1.82, 2.24) is 4.57 Å². The van der Waals surface area contributed by atoms with Gasteiger partial charge in [-0.05, 0) is 54.6 Å². The maximum Gasteiger partial charge on any atom is 0.269 e. The molecule has 7 heteroatoms. The third-order valence-electron chi connectivity index (χ3n) is 3.99. The normalized spacial score (nSPS) is 10.9. The van der Waals surface area contributed by atoms with E-state index in [0.717, 1.165) is 11.4 Å². The first kappa shape index (κ1) is 17.9. The molecule has 0 saturated carbocycles. The standard InChI is InChI=1S/C20H16N2O5/c1-27-20-13-14(4-10-19(20)24)18(23)11-9-15-3-2-12-21(15)16-5-7-17(8-6-16)22(25)26/h2-13,24H,1H3/b11-9+. The first-order valence-electron chi connectivity index (χ1n) is 8.01. The number of carbonyl (C=O) groups is 1. The topological polar surface area (TPSA) is 94.6 Å². The quantitative estimate of drug-likeness (QED) is 0.309.